The average molecular weight is 263 g/mol. The summed E-state index contributed by atoms with van der Waals surface area (Å²) in [5.41, 5.74) is 0. The van der Waals surface area contributed by atoms with E-state index in [0.29, 0.717) is 25.4 Å². The highest BCUT2D eigenvalue weighted by molar-refractivity contribution is 5.90. The van der Waals surface area contributed by atoms with Crippen LogP contribution in [0.15, 0.2) is 6.33 Å². The fourth-order valence-corrected chi connectivity index (χ4v) is 2.39. The minimum absolute atomic E-state index is 0.0105. The molecule has 0 aromatic carbocycles. The average Bonchev–Trinajstić information content (AvgIpc) is 3.15. The molecule has 2 aliphatic rings. The van der Waals surface area contributed by atoms with Crippen LogP contribution in [0.3, 0.4) is 0 Å². The van der Waals surface area contributed by atoms with E-state index in [9.17, 15) is 9.59 Å². The quantitative estimate of drug-likeness (QED) is 0.793. The van der Waals surface area contributed by atoms with Crippen LogP contribution in [0, 0.1) is 5.92 Å². The van der Waals surface area contributed by atoms with Crippen molar-refractivity contribution in [3.05, 3.63) is 12.2 Å². The van der Waals surface area contributed by atoms with E-state index in [2.05, 4.69) is 15.4 Å². The molecule has 2 heterocycles. The molecule has 2 fully saturated rings. The first-order valence-corrected chi connectivity index (χ1v) is 6.56. The lowest BCUT2D eigenvalue weighted by molar-refractivity contribution is -0.134. The molecule has 2 amide bonds. The molecule has 0 bridgehead atoms. The van der Waals surface area contributed by atoms with Crippen LogP contribution < -0.4 is 5.32 Å². The number of aromatic nitrogens is 3. The van der Waals surface area contributed by atoms with E-state index in [-0.39, 0.29) is 17.9 Å². The van der Waals surface area contributed by atoms with Crippen molar-refractivity contribution in [1.82, 2.24) is 25.0 Å². The Morgan fingerprint density at radius 1 is 1.42 bits per heavy atom. The normalized spacial score (nSPS) is 24.3. The van der Waals surface area contributed by atoms with E-state index >= 15 is 0 Å². The van der Waals surface area contributed by atoms with Gasteiger partial charge in [-0.1, -0.05) is 0 Å². The molecule has 1 saturated carbocycles. The monoisotopic (exact) mass is 263 g/mol. The minimum atomic E-state index is -0.344. The Hall–Kier alpha value is -1.92. The molecule has 7 nitrogen and oxygen atoms in total. The molecule has 1 aromatic rings. The van der Waals surface area contributed by atoms with Gasteiger partial charge in [0.05, 0.1) is 6.54 Å². The number of aryl methyl sites for hydroxylation is 1. The van der Waals surface area contributed by atoms with Crippen LogP contribution in [0.5, 0.6) is 0 Å². The largest absolute Gasteiger partial charge is 0.344 e. The zero-order valence-electron chi connectivity index (χ0n) is 10.9. The van der Waals surface area contributed by atoms with Gasteiger partial charge in [0.25, 0.3) is 0 Å². The number of hydrogen-bond acceptors (Lipinski definition) is 4. The van der Waals surface area contributed by atoms with Crippen molar-refractivity contribution in [2.45, 2.75) is 31.8 Å². The fourth-order valence-electron chi connectivity index (χ4n) is 2.39. The molecular formula is C12H17N5O2. The summed E-state index contributed by atoms with van der Waals surface area (Å²) in [4.78, 5) is 30.0. The van der Waals surface area contributed by atoms with Crippen molar-refractivity contribution < 1.29 is 9.59 Å². The molecule has 3 rings (SSSR count). The van der Waals surface area contributed by atoms with Gasteiger partial charge in [0, 0.05) is 20.0 Å². The molecule has 0 spiro atoms. The van der Waals surface area contributed by atoms with Gasteiger partial charge in [0.1, 0.15) is 18.2 Å². The third-order valence-corrected chi connectivity index (χ3v) is 3.73. The van der Waals surface area contributed by atoms with Gasteiger partial charge in [0.2, 0.25) is 11.8 Å². The molecular weight excluding hydrogens is 246 g/mol. The number of amides is 2. The molecule has 19 heavy (non-hydrogen) atoms. The van der Waals surface area contributed by atoms with Crippen molar-refractivity contribution in [2.75, 3.05) is 6.54 Å². The molecule has 1 unspecified atom stereocenters. The van der Waals surface area contributed by atoms with Crippen molar-refractivity contribution in [3.8, 4) is 0 Å². The maximum absolute atomic E-state index is 12.5. The molecule has 7 heteroatoms. The lowest BCUT2D eigenvalue weighted by atomic mass is 10.1. The zero-order valence-corrected chi connectivity index (χ0v) is 10.9. The summed E-state index contributed by atoms with van der Waals surface area (Å²) < 4.78 is 1.65. The summed E-state index contributed by atoms with van der Waals surface area (Å²) in [6, 6.07) is -0.344. The Morgan fingerprint density at radius 3 is 2.84 bits per heavy atom. The maximum atomic E-state index is 12.5. The highest BCUT2D eigenvalue weighted by Crippen LogP contribution is 2.34. The lowest BCUT2D eigenvalue weighted by Crippen LogP contribution is -2.46. The van der Waals surface area contributed by atoms with Crippen molar-refractivity contribution in [2.24, 2.45) is 13.0 Å². The predicted octanol–water partition coefficient (Wildman–Crippen LogP) is -0.558. The number of nitrogens with one attached hydrogen (secondary N) is 1. The Balaban J connectivity index is 1.77. The van der Waals surface area contributed by atoms with E-state index in [1.54, 1.807) is 16.6 Å². The summed E-state index contributed by atoms with van der Waals surface area (Å²) in [5.74, 6) is 1.02. The topological polar surface area (TPSA) is 80.1 Å². The SMILES string of the molecule is Cn1ncnc1CN1CCC(=O)NC(C2CC2)C1=O. The summed E-state index contributed by atoms with van der Waals surface area (Å²) in [6.07, 6.45) is 3.87. The van der Waals surface area contributed by atoms with E-state index in [0.717, 1.165) is 18.7 Å². The number of rotatable bonds is 3. The van der Waals surface area contributed by atoms with Crippen molar-refractivity contribution in [3.63, 3.8) is 0 Å². The molecule has 1 aromatic heterocycles. The smallest absolute Gasteiger partial charge is 0.245 e. The van der Waals surface area contributed by atoms with Gasteiger partial charge in [-0.05, 0) is 18.8 Å². The third kappa shape index (κ3) is 2.45. The van der Waals surface area contributed by atoms with Gasteiger partial charge in [-0.15, -0.1) is 0 Å². The number of nitrogens with zero attached hydrogens (tertiary/aromatic N) is 4. The van der Waals surface area contributed by atoms with Gasteiger partial charge in [-0.25, -0.2) is 4.98 Å². The van der Waals surface area contributed by atoms with Crippen molar-refractivity contribution >= 4 is 11.8 Å². The van der Waals surface area contributed by atoms with E-state index in [1.165, 1.54) is 6.33 Å². The van der Waals surface area contributed by atoms with Crippen LogP contribution in [-0.2, 0) is 23.2 Å². The van der Waals surface area contributed by atoms with Crippen LogP contribution in [0.4, 0.5) is 0 Å². The first-order valence-electron chi connectivity index (χ1n) is 6.56. The number of carbonyl (C=O) groups is 2. The summed E-state index contributed by atoms with van der Waals surface area (Å²) >= 11 is 0. The Morgan fingerprint density at radius 2 is 2.21 bits per heavy atom. The van der Waals surface area contributed by atoms with Crippen LogP contribution in [-0.4, -0.2) is 44.1 Å². The third-order valence-electron chi connectivity index (χ3n) is 3.73. The molecule has 1 saturated heterocycles. The van der Waals surface area contributed by atoms with Crippen LogP contribution in [0.2, 0.25) is 0 Å². The van der Waals surface area contributed by atoms with Gasteiger partial charge < -0.3 is 10.2 Å². The molecule has 1 aliphatic heterocycles. The van der Waals surface area contributed by atoms with E-state index in [1.807, 2.05) is 0 Å². The number of hydrogen-bond donors (Lipinski definition) is 1. The van der Waals surface area contributed by atoms with Gasteiger partial charge in [-0.3, -0.25) is 14.3 Å². The Kier molecular flexibility index (Phi) is 2.96. The van der Waals surface area contributed by atoms with Crippen LogP contribution in [0.1, 0.15) is 25.1 Å². The van der Waals surface area contributed by atoms with Crippen LogP contribution in [0.25, 0.3) is 0 Å². The van der Waals surface area contributed by atoms with E-state index < -0.39 is 0 Å². The number of carbonyl (C=O) groups excluding carboxylic acids is 2. The van der Waals surface area contributed by atoms with Crippen LogP contribution >= 0.6 is 0 Å². The zero-order chi connectivity index (χ0) is 13.4. The fraction of sp³-hybridized carbons (Fsp3) is 0.667. The Bertz CT molecular complexity index is 508. The van der Waals surface area contributed by atoms with Gasteiger partial charge in [-0.2, -0.15) is 5.10 Å². The molecule has 1 N–H and O–H groups in total. The molecule has 0 radical (unpaired) electrons. The summed E-state index contributed by atoms with van der Waals surface area (Å²) in [5, 5.41) is 6.84. The second kappa shape index (κ2) is 4.64. The second-order valence-corrected chi connectivity index (χ2v) is 5.19. The second-order valence-electron chi connectivity index (χ2n) is 5.19. The standard InChI is InChI=1S/C12H17N5O2/c1-16-9(13-7-14-16)6-17-5-4-10(18)15-11(12(17)19)8-2-3-8/h7-8,11H,2-6H2,1H3,(H,15,18). The minimum Gasteiger partial charge on any atom is -0.344 e. The molecule has 1 atom stereocenters. The predicted molar refractivity (Wildman–Crippen MR) is 65.7 cm³/mol. The summed E-state index contributed by atoms with van der Waals surface area (Å²) in [7, 11) is 1.80. The lowest BCUT2D eigenvalue weighted by Gasteiger charge is -2.23. The molecule has 1 aliphatic carbocycles. The first kappa shape index (κ1) is 12.1. The van der Waals surface area contributed by atoms with E-state index in [4.69, 9.17) is 0 Å². The van der Waals surface area contributed by atoms with Crippen molar-refractivity contribution in [1.29, 1.82) is 0 Å². The highest BCUT2D eigenvalue weighted by Gasteiger charge is 2.41. The Labute approximate surface area is 111 Å². The maximum Gasteiger partial charge on any atom is 0.245 e. The molecule has 102 valence electrons. The highest BCUT2D eigenvalue weighted by atomic mass is 16.2. The summed E-state index contributed by atoms with van der Waals surface area (Å²) in [6.45, 7) is 0.855. The first-order chi connectivity index (χ1) is 9.15. The van der Waals surface area contributed by atoms with Gasteiger partial charge >= 0.3 is 0 Å². The van der Waals surface area contributed by atoms with Gasteiger partial charge in [0.15, 0.2) is 0 Å².